The molecular weight excluding hydrogens is 442 g/mol. The maximum atomic E-state index is 12.9. The van der Waals surface area contributed by atoms with Crippen LogP contribution in [0.15, 0.2) is 53.4 Å². The zero-order chi connectivity index (χ0) is 23.3. The highest BCUT2D eigenvalue weighted by molar-refractivity contribution is 7.92. The number of rotatable bonds is 8. The lowest BCUT2D eigenvalue weighted by atomic mass is 9.96. The lowest BCUT2D eigenvalue weighted by Gasteiger charge is -2.37. The first kappa shape index (κ1) is 23.7. The smallest absolute Gasteiger partial charge is 0.261 e. The molecular formula is C24H31N3O5S. The summed E-state index contributed by atoms with van der Waals surface area (Å²) in [6.45, 7) is 6.88. The average molecular weight is 474 g/mol. The van der Waals surface area contributed by atoms with Gasteiger partial charge in [0.15, 0.2) is 0 Å². The van der Waals surface area contributed by atoms with Crippen LogP contribution in [0.3, 0.4) is 0 Å². The van der Waals surface area contributed by atoms with Gasteiger partial charge in [0.25, 0.3) is 15.9 Å². The summed E-state index contributed by atoms with van der Waals surface area (Å²) < 4.78 is 39.3. The molecule has 2 aliphatic rings. The molecule has 2 fully saturated rings. The van der Waals surface area contributed by atoms with Crippen LogP contribution >= 0.6 is 0 Å². The maximum Gasteiger partial charge on any atom is 0.261 e. The fraction of sp³-hybridized carbons (Fsp3) is 0.458. The Hall–Kier alpha value is -2.46. The van der Waals surface area contributed by atoms with Crippen LogP contribution in [0.25, 0.3) is 0 Å². The number of benzene rings is 2. The second-order valence-electron chi connectivity index (χ2n) is 8.55. The number of carbonyl (C=O) groups excluding carboxylic acids is 1. The van der Waals surface area contributed by atoms with E-state index in [1.165, 1.54) is 12.1 Å². The van der Waals surface area contributed by atoms with Crippen LogP contribution < -0.4 is 10.0 Å². The number of hydrogen-bond donors (Lipinski definition) is 2. The molecule has 2 aromatic carbocycles. The van der Waals surface area contributed by atoms with Gasteiger partial charge in [-0.1, -0.05) is 23.8 Å². The minimum Gasteiger partial charge on any atom is -0.381 e. The lowest BCUT2D eigenvalue weighted by Crippen LogP contribution is -2.52. The Labute approximate surface area is 195 Å². The first-order valence-electron chi connectivity index (χ1n) is 11.3. The van der Waals surface area contributed by atoms with Crippen LogP contribution in [0.2, 0.25) is 0 Å². The molecule has 0 spiro atoms. The van der Waals surface area contributed by atoms with Crippen molar-refractivity contribution >= 4 is 21.6 Å². The molecule has 8 nitrogen and oxygen atoms in total. The Kier molecular flexibility index (Phi) is 7.64. The summed E-state index contributed by atoms with van der Waals surface area (Å²) in [6.07, 6.45) is 0.969. The van der Waals surface area contributed by atoms with Crippen molar-refractivity contribution < 1.29 is 22.7 Å². The molecule has 2 aromatic rings. The van der Waals surface area contributed by atoms with E-state index in [2.05, 4.69) is 14.9 Å². The van der Waals surface area contributed by atoms with Crippen LogP contribution in [0.4, 0.5) is 5.69 Å². The maximum absolute atomic E-state index is 12.9. The predicted octanol–water partition coefficient (Wildman–Crippen LogP) is 2.26. The highest BCUT2D eigenvalue weighted by Gasteiger charge is 2.32. The quantitative estimate of drug-likeness (QED) is 0.611. The van der Waals surface area contributed by atoms with Crippen molar-refractivity contribution in [2.45, 2.75) is 24.3 Å². The SMILES string of the molecule is Cc1ccc(NS(=O)(=O)c2cccc(C(=O)NCC(C3CCOC3)N3CCOCC3)c2)cc1. The fourth-order valence-electron chi connectivity index (χ4n) is 4.30. The lowest BCUT2D eigenvalue weighted by molar-refractivity contribution is 0.00166. The van der Waals surface area contributed by atoms with Gasteiger partial charge in [-0.3, -0.25) is 14.4 Å². The summed E-state index contributed by atoms with van der Waals surface area (Å²) in [7, 11) is -3.81. The molecule has 2 N–H and O–H groups in total. The number of anilines is 1. The number of amides is 1. The summed E-state index contributed by atoms with van der Waals surface area (Å²) in [6, 6.07) is 13.4. The van der Waals surface area contributed by atoms with E-state index in [1.807, 2.05) is 19.1 Å². The van der Waals surface area contributed by atoms with Gasteiger partial charge in [-0.15, -0.1) is 0 Å². The number of nitrogens with one attached hydrogen (secondary N) is 2. The first-order valence-corrected chi connectivity index (χ1v) is 12.8. The van der Waals surface area contributed by atoms with E-state index in [0.29, 0.717) is 43.5 Å². The molecule has 33 heavy (non-hydrogen) atoms. The minimum absolute atomic E-state index is 0.0460. The van der Waals surface area contributed by atoms with Crippen molar-refractivity contribution in [3.05, 3.63) is 59.7 Å². The van der Waals surface area contributed by atoms with E-state index in [4.69, 9.17) is 9.47 Å². The fourth-order valence-corrected chi connectivity index (χ4v) is 5.40. The van der Waals surface area contributed by atoms with Crippen molar-refractivity contribution in [2.75, 3.05) is 50.8 Å². The number of nitrogens with zero attached hydrogens (tertiary/aromatic N) is 1. The van der Waals surface area contributed by atoms with Crippen LogP contribution in [0.5, 0.6) is 0 Å². The number of sulfonamides is 1. The molecule has 0 aromatic heterocycles. The van der Waals surface area contributed by atoms with Crippen molar-refractivity contribution in [2.24, 2.45) is 5.92 Å². The van der Waals surface area contributed by atoms with E-state index >= 15 is 0 Å². The summed E-state index contributed by atoms with van der Waals surface area (Å²) >= 11 is 0. The summed E-state index contributed by atoms with van der Waals surface area (Å²) in [4.78, 5) is 15.3. The van der Waals surface area contributed by atoms with Crippen molar-refractivity contribution in [1.29, 1.82) is 0 Å². The first-order chi connectivity index (χ1) is 15.9. The number of morpholine rings is 1. The molecule has 0 saturated carbocycles. The van der Waals surface area contributed by atoms with E-state index in [0.717, 1.165) is 31.7 Å². The molecule has 2 atom stereocenters. The highest BCUT2D eigenvalue weighted by atomic mass is 32.2. The summed E-state index contributed by atoms with van der Waals surface area (Å²) in [5, 5.41) is 3.02. The Morgan fingerprint density at radius 1 is 1.09 bits per heavy atom. The summed E-state index contributed by atoms with van der Waals surface area (Å²) in [5.41, 5.74) is 1.82. The highest BCUT2D eigenvalue weighted by Crippen LogP contribution is 2.22. The Balaban J connectivity index is 1.43. The van der Waals surface area contributed by atoms with Crippen LogP contribution in [-0.2, 0) is 19.5 Å². The summed E-state index contributed by atoms with van der Waals surface area (Å²) in [5.74, 6) is 0.0633. The third kappa shape index (κ3) is 6.11. The van der Waals surface area contributed by atoms with Gasteiger partial charge in [0.2, 0.25) is 0 Å². The number of ether oxygens (including phenoxy) is 2. The third-order valence-corrected chi connectivity index (χ3v) is 7.58. The Bertz CT molecular complexity index is 1050. The molecule has 2 aliphatic heterocycles. The molecule has 1 amide bonds. The van der Waals surface area contributed by atoms with Crippen LogP contribution in [-0.4, -0.2) is 71.3 Å². The van der Waals surface area contributed by atoms with Gasteiger partial charge >= 0.3 is 0 Å². The normalized spacial score (nSPS) is 20.3. The molecule has 2 saturated heterocycles. The van der Waals surface area contributed by atoms with Crippen molar-refractivity contribution in [1.82, 2.24) is 10.2 Å². The number of aryl methyl sites for hydroxylation is 1. The Morgan fingerprint density at radius 3 is 2.55 bits per heavy atom. The largest absolute Gasteiger partial charge is 0.381 e. The molecule has 0 bridgehead atoms. The van der Waals surface area contributed by atoms with E-state index < -0.39 is 10.0 Å². The third-order valence-electron chi connectivity index (χ3n) is 6.21. The predicted molar refractivity (Wildman–Crippen MR) is 126 cm³/mol. The molecule has 0 aliphatic carbocycles. The van der Waals surface area contributed by atoms with Crippen molar-refractivity contribution in [3.8, 4) is 0 Å². The average Bonchev–Trinajstić information content (AvgIpc) is 3.36. The number of hydrogen-bond acceptors (Lipinski definition) is 6. The van der Waals surface area contributed by atoms with E-state index in [1.54, 1.807) is 24.3 Å². The van der Waals surface area contributed by atoms with Crippen molar-refractivity contribution in [3.63, 3.8) is 0 Å². The van der Waals surface area contributed by atoms with Gasteiger partial charge in [-0.2, -0.15) is 0 Å². The molecule has 2 unspecified atom stereocenters. The Morgan fingerprint density at radius 2 is 1.85 bits per heavy atom. The standard InChI is InChI=1S/C24H31N3O5S/c1-18-5-7-21(8-6-18)26-33(29,30)22-4-2-3-19(15-22)24(28)25-16-23(20-9-12-32-17-20)27-10-13-31-14-11-27/h2-8,15,20,23,26H,9-14,16-17H2,1H3,(H,25,28). The van der Waals surface area contributed by atoms with Crippen LogP contribution in [0.1, 0.15) is 22.3 Å². The van der Waals surface area contributed by atoms with Gasteiger partial charge in [-0.25, -0.2) is 8.42 Å². The topological polar surface area (TPSA) is 97.0 Å². The molecule has 4 rings (SSSR count). The van der Waals surface area contributed by atoms with Gasteiger partial charge < -0.3 is 14.8 Å². The zero-order valence-corrected chi connectivity index (χ0v) is 19.6. The van der Waals surface area contributed by atoms with Gasteiger partial charge in [-0.05, 0) is 43.7 Å². The van der Waals surface area contributed by atoms with Gasteiger partial charge in [0.1, 0.15) is 0 Å². The molecule has 2 heterocycles. The van der Waals surface area contributed by atoms with Gasteiger partial charge in [0, 0.05) is 49.5 Å². The van der Waals surface area contributed by atoms with Crippen LogP contribution in [0, 0.1) is 12.8 Å². The molecule has 178 valence electrons. The minimum atomic E-state index is -3.81. The van der Waals surface area contributed by atoms with Gasteiger partial charge in [0.05, 0.1) is 24.7 Å². The zero-order valence-electron chi connectivity index (χ0n) is 18.8. The van der Waals surface area contributed by atoms with E-state index in [-0.39, 0.29) is 16.8 Å². The van der Waals surface area contributed by atoms with E-state index in [9.17, 15) is 13.2 Å². The number of carbonyl (C=O) groups is 1. The second kappa shape index (κ2) is 10.6. The molecule has 9 heteroatoms. The monoisotopic (exact) mass is 473 g/mol. The second-order valence-corrected chi connectivity index (χ2v) is 10.2. The molecule has 0 radical (unpaired) electrons.